The fourth-order valence-electron chi connectivity index (χ4n) is 3.68. The lowest BCUT2D eigenvalue weighted by molar-refractivity contribution is -0.929. The van der Waals surface area contributed by atoms with Crippen LogP contribution in [0.15, 0.2) is 0 Å². The molecule has 0 aliphatic rings. The second-order valence-electron chi connectivity index (χ2n) is 7.50. The smallest absolute Gasteiger partial charge is 0.0787 e. The van der Waals surface area contributed by atoms with Crippen molar-refractivity contribution in [2.45, 2.75) is 104 Å². The molecule has 0 fully saturated rings. The van der Waals surface area contributed by atoms with Crippen LogP contribution in [0.3, 0.4) is 0 Å². The zero-order chi connectivity index (χ0) is 17.2. The molecular weight excluding hydrogens is 362 g/mol. The maximum atomic E-state index is 9.16. The molecule has 0 aromatic carbocycles. The Hall–Kier alpha value is 0.400. The third-order valence-electron chi connectivity index (χ3n) is 5.25. The van der Waals surface area contributed by atoms with Gasteiger partial charge in [0.1, 0.15) is 0 Å². The molecule has 0 unspecified atom stereocenters. The summed E-state index contributed by atoms with van der Waals surface area (Å²) in [5.74, 6) is 0. The van der Waals surface area contributed by atoms with Crippen molar-refractivity contribution in [3.63, 3.8) is 0 Å². The summed E-state index contributed by atoms with van der Waals surface area (Å²) in [6, 6.07) is 0. The molecule has 0 heterocycles. The minimum Gasteiger partial charge on any atom is -1.00 e. The summed E-state index contributed by atoms with van der Waals surface area (Å²) in [4.78, 5) is 0. The van der Waals surface area contributed by atoms with E-state index in [1.165, 1.54) is 108 Å². The van der Waals surface area contributed by atoms with E-state index in [0.717, 1.165) is 6.42 Å². The van der Waals surface area contributed by atoms with E-state index in [-0.39, 0.29) is 17.0 Å². The van der Waals surface area contributed by atoms with E-state index < -0.39 is 0 Å². The Labute approximate surface area is 163 Å². The molecule has 0 aromatic rings. The Morgan fingerprint density at radius 1 is 0.500 bits per heavy atom. The van der Waals surface area contributed by atoms with Gasteiger partial charge in [-0.1, -0.05) is 52.9 Å². The Bertz CT molecular complexity index is 212. The van der Waals surface area contributed by atoms with Gasteiger partial charge >= 0.3 is 0 Å². The molecule has 0 aliphatic carbocycles. The van der Waals surface area contributed by atoms with Gasteiger partial charge in [0, 0.05) is 6.61 Å². The molecule has 0 saturated heterocycles. The first-order valence-electron chi connectivity index (χ1n) is 10.7. The first kappa shape index (κ1) is 26.6. The highest BCUT2D eigenvalue weighted by atomic mass is 79.9. The van der Waals surface area contributed by atoms with Crippen LogP contribution in [-0.2, 0) is 0 Å². The summed E-state index contributed by atoms with van der Waals surface area (Å²) < 4.78 is 1.34. The zero-order valence-electron chi connectivity index (χ0n) is 17.0. The van der Waals surface area contributed by atoms with Gasteiger partial charge in [-0.2, -0.15) is 0 Å². The van der Waals surface area contributed by atoms with Crippen LogP contribution >= 0.6 is 0 Å². The number of rotatable bonds is 18. The number of aliphatic hydroxyl groups excluding tert-OH is 1. The molecule has 0 radical (unpaired) electrons. The molecule has 148 valence electrons. The maximum Gasteiger partial charge on any atom is 0.0787 e. The molecule has 0 saturated carbocycles. The van der Waals surface area contributed by atoms with Gasteiger partial charge in [-0.15, -0.1) is 0 Å². The molecule has 0 amide bonds. The summed E-state index contributed by atoms with van der Waals surface area (Å²) in [6.07, 6.45) is 17.3. The van der Waals surface area contributed by atoms with E-state index >= 15 is 0 Å². The monoisotopic (exact) mass is 407 g/mol. The second-order valence-corrected chi connectivity index (χ2v) is 7.50. The lowest BCUT2D eigenvalue weighted by Crippen LogP contribution is -3.00. The van der Waals surface area contributed by atoms with Crippen molar-refractivity contribution in [1.29, 1.82) is 0 Å². The van der Waals surface area contributed by atoms with Gasteiger partial charge in [0.15, 0.2) is 0 Å². The number of aliphatic hydroxyl groups is 1. The van der Waals surface area contributed by atoms with Crippen molar-refractivity contribution in [1.82, 2.24) is 0 Å². The lowest BCUT2D eigenvalue weighted by Gasteiger charge is -2.39. The van der Waals surface area contributed by atoms with Crippen LogP contribution in [0, 0.1) is 0 Å². The van der Waals surface area contributed by atoms with Gasteiger partial charge in [0.2, 0.25) is 0 Å². The Balaban J connectivity index is 0. The minimum absolute atomic E-state index is 0. The average molecular weight is 409 g/mol. The van der Waals surface area contributed by atoms with E-state index in [9.17, 15) is 0 Å². The third-order valence-corrected chi connectivity index (χ3v) is 5.25. The normalized spacial score (nSPS) is 11.5. The van der Waals surface area contributed by atoms with Gasteiger partial charge in [-0.3, -0.25) is 0 Å². The second kappa shape index (κ2) is 19.7. The van der Waals surface area contributed by atoms with Crippen molar-refractivity contribution < 1.29 is 26.6 Å². The van der Waals surface area contributed by atoms with Gasteiger partial charge in [0.05, 0.1) is 26.2 Å². The largest absolute Gasteiger partial charge is 1.00 e. The molecule has 3 heteroatoms. The molecule has 0 aromatic heterocycles. The average Bonchev–Trinajstić information content (AvgIpc) is 2.56. The fraction of sp³-hybridized carbons (Fsp3) is 1.00. The number of quaternary nitrogens is 1. The highest BCUT2D eigenvalue weighted by Crippen LogP contribution is 2.18. The van der Waals surface area contributed by atoms with Crippen LogP contribution in [0.1, 0.15) is 104 Å². The molecule has 0 rings (SSSR count). The molecule has 24 heavy (non-hydrogen) atoms. The van der Waals surface area contributed by atoms with Crippen LogP contribution in [0.25, 0.3) is 0 Å². The topological polar surface area (TPSA) is 20.2 Å². The van der Waals surface area contributed by atoms with Crippen LogP contribution < -0.4 is 17.0 Å². The Morgan fingerprint density at radius 3 is 1.21 bits per heavy atom. The third kappa shape index (κ3) is 14.7. The molecule has 2 nitrogen and oxygen atoms in total. The summed E-state index contributed by atoms with van der Waals surface area (Å²) in [7, 11) is 0. The van der Waals surface area contributed by atoms with Crippen molar-refractivity contribution in [2.24, 2.45) is 0 Å². The van der Waals surface area contributed by atoms with Gasteiger partial charge in [0.25, 0.3) is 0 Å². The fourth-order valence-corrected chi connectivity index (χ4v) is 3.68. The first-order valence-corrected chi connectivity index (χ1v) is 10.7. The highest BCUT2D eigenvalue weighted by Gasteiger charge is 2.25. The number of hydrogen-bond donors (Lipinski definition) is 1. The number of halogens is 1. The van der Waals surface area contributed by atoms with Gasteiger partial charge in [-0.05, 0) is 51.4 Å². The van der Waals surface area contributed by atoms with Crippen LogP contribution in [0.4, 0.5) is 0 Å². The summed E-state index contributed by atoms with van der Waals surface area (Å²) in [6.45, 7) is 12.7. The maximum absolute atomic E-state index is 9.16. The van der Waals surface area contributed by atoms with Crippen LogP contribution in [-0.4, -0.2) is 42.4 Å². The van der Waals surface area contributed by atoms with E-state index in [4.69, 9.17) is 5.11 Å². The van der Waals surface area contributed by atoms with Crippen molar-refractivity contribution in [3.05, 3.63) is 0 Å². The predicted octanol–water partition coefficient (Wildman–Crippen LogP) is 2.93. The number of unbranched alkanes of at least 4 members (excludes halogenated alkanes) is 9. The Kier molecular flexibility index (Phi) is 21.9. The summed E-state index contributed by atoms with van der Waals surface area (Å²) >= 11 is 0. The summed E-state index contributed by atoms with van der Waals surface area (Å²) in [5.41, 5.74) is 0. The quantitative estimate of drug-likeness (QED) is 0.273. The van der Waals surface area contributed by atoms with Crippen LogP contribution in [0.5, 0.6) is 0 Å². The number of hydrogen-bond acceptors (Lipinski definition) is 1. The highest BCUT2D eigenvalue weighted by molar-refractivity contribution is 4.52. The molecule has 1 N–H and O–H groups in total. The van der Waals surface area contributed by atoms with Crippen LogP contribution in [0.2, 0.25) is 0 Å². The molecule has 0 bridgehead atoms. The minimum atomic E-state index is 0. The Morgan fingerprint density at radius 2 is 0.833 bits per heavy atom. The summed E-state index contributed by atoms with van der Waals surface area (Å²) in [5, 5.41) is 9.16. The standard InChI is InChI=1S/C21H46NO.BrH/c1-4-7-10-13-18-22(17-12-9-6-3,20-15-16-21-23)19-14-11-8-5-2;/h23H,4-21H2,1-3H3;1H/q+1;/p-1. The van der Waals surface area contributed by atoms with Crippen molar-refractivity contribution in [3.8, 4) is 0 Å². The predicted molar refractivity (Wildman–Crippen MR) is 104 cm³/mol. The number of nitrogens with zero attached hydrogens (tertiary/aromatic N) is 1. The van der Waals surface area contributed by atoms with Gasteiger partial charge in [-0.25, -0.2) is 0 Å². The van der Waals surface area contributed by atoms with E-state index in [2.05, 4.69) is 20.8 Å². The zero-order valence-corrected chi connectivity index (χ0v) is 18.6. The van der Waals surface area contributed by atoms with E-state index in [1.807, 2.05) is 0 Å². The molecule has 0 atom stereocenters. The van der Waals surface area contributed by atoms with E-state index in [1.54, 1.807) is 0 Å². The first-order chi connectivity index (χ1) is 11.2. The van der Waals surface area contributed by atoms with Crippen molar-refractivity contribution >= 4 is 0 Å². The molecule has 0 aliphatic heterocycles. The molecule has 0 spiro atoms. The SMILES string of the molecule is CCCCCC[N+](CCCCC)(CCCCO)CCCCCC.[Br-]. The van der Waals surface area contributed by atoms with Crippen molar-refractivity contribution in [2.75, 3.05) is 32.8 Å². The molecular formula is C21H46BrNO. The van der Waals surface area contributed by atoms with Gasteiger partial charge < -0.3 is 26.6 Å². The van der Waals surface area contributed by atoms with E-state index in [0.29, 0.717) is 6.61 Å². The lowest BCUT2D eigenvalue weighted by atomic mass is 10.1.